The Morgan fingerprint density at radius 2 is 2.13 bits per heavy atom. The molecule has 0 saturated carbocycles. The monoisotopic (exact) mass is 347 g/mol. The van der Waals surface area contributed by atoms with Crippen molar-refractivity contribution in [2.24, 2.45) is 0 Å². The highest BCUT2D eigenvalue weighted by molar-refractivity contribution is 7.99. The summed E-state index contributed by atoms with van der Waals surface area (Å²) in [4.78, 5) is 20.9. The van der Waals surface area contributed by atoms with Gasteiger partial charge in [0.25, 0.3) is 0 Å². The minimum Gasteiger partial charge on any atom is -0.345 e. The molecular weight excluding hydrogens is 326 g/mol. The first-order valence-electron chi connectivity index (χ1n) is 7.78. The molecule has 122 valence electrons. The summed E-state index contributed by atoms with van der Waals surface area (Å²) >= 11 is 3.36. The Morgan fingerprint density at radius 3 is 2.83 bits per heavy atom. The summed E-state index contributed by atoms with van der Waals surface area (Å²) in [5.41, 5.74) is 2.56. The maximum atomic E-state index is 12.3. The molecule has 0 N–H and O–H groups in total. The highest BCUT2D eigenvalue weighted by atomic mass is 32.2. The molecule has 1 fully saturated rings. The van der Waals surface area contributed by atoms with Crippen LogP contribution in [0.15, 0.2) is 35.8 Å². The summed E-state index contributed by atoms with van der Waals surface area (Å²) in [7, 11) is 0. The number of nitrogens with zero attached hydrogens (tertiary/aromatic N) is 3. The van der Waals surface area contributed by atoms with Gasteiger partial charge in [-0.3, -0.25) is 4.79 Å². The van der Waals surface area contributed by atoms with Gasteiger partial charge in [0, 0.05) is 43.5 Å². The van der Waals surface area contributed by atoms with Gasteiger partial charge < -0.3 is 9.80 Å². The number of amides is 1. The molecule has 0 bridgehead atoms. The first-order chi connectivity index (χ1) is 11.2. The smallest absolute Gasteiger partial charge is 0.232 e. The van der Waals surface area contributed by atoms with Crippen molar-refractivity contribution in [1.82, 2.24) is 9.88 Å². The number of rotatable bonds is 5. The normalized spacial score (nSPS) is 15.0. The van der Waals surface area contributed by atoms with Gasteiger partial charge in [-0.25, -0.2) is 4.98 Å². The first kappa shape index (κ1) is 16.3. The summed E-state index contributed by atoms with van der Waals surface area (Å²) in [6, 6.07) is 8.48. The Bertz CT molecular complexity index is 637. The van der Waals surface area contributed by atoms with Gasteiger partial charge >= 0.3 is 0 Å². The predicted octanol–water partition coefficient (Wildman–Crippen LogP) is 3.03. The van der Waals surface area contributed by atoms with E-state index in [1.54, 1.807) is 23.1 Å². The third-order valence-electron chi connectivity index (χ3n) is 3.90. The summed E-state index contributed by atoms with van der Waals surface area (Å²) in [6.45, 7) is 5.44. The molecule has 2 heterocycles. The fraction of sp³-hybridized carbons (Fsp3) is 0.412. The van der Waals surface area contributed by atoms with Crippen molar-refractivity contribution in [1.29, 1.82) is 0 Å². The van der Waals surface area contributed by atoms with Crippen LogP contribution in [0.1, 0.15) is 11.1 Å². The Balaban J connectivity index is 1.41. The third kappa shape index (κ3) is 4.48. The molecule has 1 aliphatic heterocycles. The second kappa shape index (κ2) is 7.84. The number of anilines is 1. The zero-order valence-corrected chi connectivity index (χ0v) is 14.9. The van der Waals surface area contributed by atoms with Gasteiger partial charge in [0.05, 0.1) is 5.75 Å². The van der Waals surface area contributed by atoms with Crippen LogP contribution in [0.4, 0.5) is 5.13 Å². The zero-order chi connectivity index (χ0) is 16.1. The van der Waals surface area contributed by atoms with Crippen molar-refractivity contribution in [2.75, 3.05) is 36.8 Å². The largest absolute Gasteiger partial charge is 0.345 e. The van der Waals surface area contributed by atoms with E-state index < -0.39 is 0 Å². The van der Waals surface area contributed by atoms with Gasteiger partial charge in [-0.1, -0.05) is 29.8 Å². The SMILES string of the molecule is Cc1cccc(CSCC(=O)N2CCN(c3nccs3)CC2)c1. The number of piperazine rings is 1. The van der Waals surface area contributed by atoms with Gasteiger partial charge in [-0.2, -0.15) is 0 Å². The van der Waals surface area contributed by atoms with Crippen LogP contribution in [0.2, 0.25) is 0 Å². The zero-order valence-electron chi connectivity index (χ0n) is 13.3. The predicted molar refractivity (Wildman–Crippen MR) is 98.2 cm³/mol. The quantitative estimate of drug-likeness (QED) is 0.833. The lowest BCUT2D eigenvalue weighted by Crippen LogP contribution is -2.49. The molecule has 1 aromatic heterocycles. The molecule has 1 aromatic carbocycles. The molecule has 6 heteroatoms. The molecular formula is C17H21N3OS2. The van der Waals surface area contributed by atoms with E-state index in [4.69, 9.17) is 0 Å². The summed E-state index contributed by atoms with van der Waals surface area (Å²) in [5, 5.41) is 3.06. The first-order valence-corrected chi connectivity index (χ1v) is 9.81. The standard InChI is InChI=1S/C17H21N3OS2/c1-14-3-2-4-15(11-14)12-22-13-16(21)19-6-8-20(9-7-19)17-18-5-10-23-17/h2-5,10-11H,6-9,12-13H2,1H3. The Hall–Kier alpha value is -1.53. The van der Waals surface area contributed by atoms with Crippen molar-refractivity contribution in [3.8, 4) is 0 Å². The number of carbonyl (C=O) groups is 1. The Kier molecular flexibility index (Phi) is 5.56. The lowest BCUT2D eigenvalue weighted by molar-refractivity contribution is -0.128. The number of thioether (sulfide) groups is 1. The minimum absolute atomic E-state index is 0.251. The van der Waals surface area contributed by atoms with Crippen molar-refractivity contribution in [2.45, 2.75) is 12.7 Å². The van der Waals surface area contributed by atoms with E-state index >= 15 is 0 Å². The van der Waals surface area contributed by atoms with Crippen molar-refractivity contribution >= 4 is 34.1 Å². The number of benzene rings is 1. The van der Waals surface area contributed by atoms with E-state index in [1.165, 1.54) is 11.1 Å². The highest BCUT2D eigenvalue weighted by Gasteiger charge is 2.22. The molecule has 2 aromatic rings. The van der Waals surface area contributed by atoms with Gasteiger partial charge in [0.2, 0.25) is 5.91 Å². The molecule has 23 heavy (non-hydrogen) atoms. The van der Waals surface area contributed by atoms with Crippen LogP contribution in [0.25, 0.3) is 0 Å². The molecule has 0 atom stereocenters. The molecule has 4 nitrogen and oxygen atoms in total. The highest BCUT2D eigenvalue weighted by Crippen LogP contribution is 2.19. The number of aromatic nitrogens is 1. The number of carbonyl (C=O) groups excluding carboxylic acids is 1. The number of hydrogen-bond donors (Lipinski definition) is 0. The lowest BCUT2D eigenvalue weighted by atomic mass is 10.2. The van der Waals surface area contributed by atoms with Gasteiger partial charge in [0.1, 0.15) is 0 Å². The van der Waals surface area contributed by atoms with E-state index in [2.05, 4.69) is 41.1 Å². The second-order valence-corrected chi connectivity index (χ2v) is 7.52. The summed E-state index contributed by atoms with van der Waals surface area (Å²) < 4.78 is 0. The summed E-state index contributed by atoms with van der Waals surface area (Å²) in [6.07, 6.45) is 1.83. The molecule has 0 spiro atoms. The van der Waals surface area contributed by atoms with Crippen molar-refractivity contribution in [3.05, 3.63) is 47.0 Å². The molecule has 3 rings (SSSR count). The third-order valence-corrected chi connectivity index (χ3v) is 5.72. The number of thiazole rings is 1. The molecule has 1 amide bonds. The van der Waals surface area contributed by atoms with Crippen LogP contribution in [-0.2, 0) is 10.5 Å². The van der Waals surface area contributed by atoms with Crippen molar-refractivity contribution in [3.63, 3.8) is 0 Å². The molecule has 0 unspecified atom stereocenters. The van der Waals surface area contributed by atoms with E-state index in [0.717, 1.165) is 37.1 Å². The molecule has 0 radical (unpaired) electrons. The second-order valence-electron chi connectivity index (χ2n) is 5.66. The van der Waals surface area contributed by atoms with Crippen LogP contribution < -0.4 is 4.90 Å². The fourth-order valence-corrected chi connectivity index (χ4v) is 4.24. The maximum Gasteiger partial charge on any atom is 0.232 e. The van der Waals surface area contributed by atoms with Gasteiger partial charge in [0.15, 0.2) is 5.13 Å². The topological polar surface area (TPSA) is 36.4 Å². The van der Waals surface area contributed by atoms with Crippen LogP contribution >= 0.6 is 23.1 Å². The van der Waals surface area contributed by atoms with E-state index in [0.29, 0.717) is 5.75 Å². The van der Waals surface area contributed by atoms with Crippen molar-refractivity contribution < 1.29 is 4.79 Å². The lowest BCUT2D eigenvalue weighted by Gasteiger charge is -2.34. The summed E-state index contributed by atoms with van der Waals surface area (Å²) in [5.74, 6) is 1.71. The molecule has 0 aliphatic carbocycles. The van der Waals surface area contributed by atoms with E-state index in [9.17, 15) is 4.79 Å². The van der Waals surface area contributed by atoms with E-state index in [-0.39, 0.29) is 5.91 Å². The maximum absolute atomic E-state index is 12.3. The van der Waals surface area contributed by atoms with Crippen LogP contribution in [-0.4, -0.2) is 47.7 Å². The molecule has 1 aliphatic rings. The van der Waals surface area contributed by atoms with Crippen LogP contribution in [0, 0.1) is 6.92 Å². The average molecular weight is 348 g/mol. The van der Waals surface area contributed by atoms with Gasteiger partial charge in [-0.05, 0) is 12.5 Å². The Morgan fingerprint density at radius 1 is 1.30 bits per heavy atom. The van der Waals surface area contributed by atoms with E-state index in [1.807, 2.05) is 16.5 Å². The number of aryl methyl sites for hydroxylation is 1. The fourth-order valence-electron chi connectivity index (χ4n) is 2.67. The minimum atomic E-state index is 0.251. The van der Waals surface area contributed by atoms with Crippen LogP contribution in [0.3, 0.4) is 0 Å². The number of hydrogen-bond acceptors (Lipinski definition) is 5. The van der Waals surface area contributed by atoms with Crippen LogP contribution in [0.5, 0.6) is 0 Å². The Labute approximate surface area is 145 Å². The molecule has 1 saturated heterocycles. The van der Waals surface area contributed by atoms with Gasteiger partial charge in [-0.15, -0.1) is 23.1 Å². The average Bonchev–Trinajstić information content (AvgIpc) is 3.09.